The van der Waals surface area contributed by atoms with Crippen LogP contribution in [0.15, 0.2) is 0 Å². The van der Waals surface area contributed by atoms with Crippen molar-refractivity contribution in [3.05, 3.63) is 0 Å². The van der Waals surface area contributed by atoms with E-state index in [4.69, 9.17) is 5.73 Å². The maximum Gasteiger partial charge on any atom is 0.242 e. The lowest BCUT2D eigenvalue weighted by Crippen LogP contribution is -2.52. The zero-order chi connectivity index (χ0) is 11.3. The molecule has 1 amide bonds. The number of hydrogen-bond acceptors (Lipinski definition) is 2. The molecule has 1 aliphatic rings. The highest BCUT2D eigenvalue weighted by Crippen LogP contribution is 2.28. The molecule has 0 atom stereocenters. The maximum absolute atomic E-state index is 12.1. The first-order valence-electron chi connectivity index (χ1n) is 6.14. The number of nitrogens with zero attached hydrogens (tertiary/aromatic N) is 1. The molecule has 0 aromatic rings. The van der Waals surface area contributed by atoms with Crippen LogP contribution in [-0.2, 0) is 4.79 Å². The molecule has 1 aliphatic carbocycles. The molecule has 0 bridgehead atoms. The summed E-state index contributed by atoms with van der Waals surface area (Å²) in [5.74, 6) is 0.149. The van der Waals surface area contributed by atoms with Gasteiger partial charge in [0.2, 0.25) is 5.91 Å². The van der Waals surface area contributed by atoms with Crippen molar-refractivity contribution in [1.82, 2.24) is 4.90 Å². The summed E-state index contributed by atoms with van der Waals surface area (Å²) in [4.78, 5) is 13.9. The predicted molar refractivity (Wildman–Crippen MR) is 62.5 cm³/mol. The minimum atomic E-state index is -0.541. The lowest BCUT2D eigenvalue weighted by Gasteiger charge is -2.28. The van der Waals surface area contributed by atoms with Gasteiger partial charge in [0.15, 0.2) is 0 Å². The molecule has 0 saturated heterocycles. The second kappa shape index (κ2) is 5.50. The molecule has 0 unspecified atom stereocenters. The van der Waals surface area contributed by atoms with Crippen LogP contribution in [0.3, 0.4) is 0 Å². The summed E-state index contributed by atoms with van der Waals surface area (Å²) in [6.45, 7) is 3.02. The van der Waals surface area contributed by atoms with Crippen molar-refractivity contribution < 1.29 is 4.79 Å². The van der Waals surface area contributed by atoms with Crippen LogP contribution < -0.4 is 5.73 Å². The Kier molecular flexibility index (Phi) is 4.58. The van der Waals surface area contributed by atoms with Gasteiger partial charge in [-0.2, -0.15) is 0 Å². The Balaban J connectivity index is 2.38. The van der Waals surface area contributed by atoms with E-state index in [1.165, 1.54) is 12.8 Å². The number of hydrogen-bond donors (Lipinski definition) is 1. The highest BCUT2D eigenvalue weighted by atomic mass is 16.2. The summed E-state index contributed by atoms with van der Waals surface area (Å²) in [5.41, 5.74) is 5.58. The summed E-state index contributed by atoms with van der Waals surface area (Å²) in [7, 11) is 1.88. The van der Waals surface area contributed by atoms with Crippen molar-refractivity contribution in [2.45, 2.75) is 57.4 Å². The van der Waals surface area contributed by atoms with Crippen molar-refractivity contribution in [2.75, 3.05) is 13.6 Å². The molecule has 0 radical (unpaired) electrons. The average molecular weight is 212 g/mol. The van der Waals surface area contributed by atoms with Gasteiger partial charge >= 0.3 is 0 Å². The van der Waals surface area contributed by atoms with Gasteiger partial charge < -0.3 is 10.6 Å². The number of unbranched alkanes of at least 4 members (excludes halogenated alkanes) is 2. The van der Waals surface area contributed by atoms with Crippen molar-refractivity contribution in [3.63, 3.8) is 0 Å². The minimum absolute atomic E-state index is 0.149. The standard InChI is InChI=1S/C12H24N2O/c1-3-4-7-10-14(2)11(15)12(13)8-5-6-9-12/h3-10,13H2,1-2H3. The number of carbonyl (C=O) groups is 1. The maximum atomic E-state index is 12.1. The minimum Gasteiger partial charge on any atom is -0.344 e. The monoisotopic (exact) mass is 212 g/mol. The van der Waals surface area contributed by atoms with Crippen LogP contribution in [0.5, 0.6) is 0 Å². The normalized spacial score (nSPS) is 19.1. The molecule has 15 heavy (non-hydrogen) atoms. The summed E-state index contributed by atoms with van der Waals surface area (Å²) >= 11 is 0. The second-order valence-corrected chi connectivity index (χ2v) is 4.80. The van der Waals surface area contributed by atoms with E-state index in [2.05, 4.69) is 6.92 Å². The van der Waals surface area contributed by atoms with Gasteiger partial charge in [0.05, 0.1) is 5.54 Å². The van der Waals surface area contributed by atoms with Gasteiger partial charge in [-0.3, -0.25) is 4.79 Å². The van der Waals surface area contributed by atoms with Gasteiger partial charge in [-0.25, -0.2) is 0 Å². The van der Waals surface area contributed by atoms with Crippen molar-refractivity contribution in [1.29, 1.82) is 0 Å². The zero-order valence-electron chi connectivity index (χ0n) is 10.1. The van der Waals surface area contributed by atoms with E-state index < -0.39 is 5.54 Å². The number of likely N-dealkylation sites (N-methyl/N-ethyl adjacent to an activating group) is 1. The number of amides is 1. The lowest BCUT2D eigenvalue weighted by molar-refractivity contribution is -0.135. The van der Waals surface area contributed by atoms with Crippen LogP contribution in [0, 0.1) is 0 Å². The van der Waals surface area contributed by atoms with Crippen molar-refractivity contribution in [2.24, 2.45) is 5.73 Å². The Labute approximate surface area is 93.0 Å². The lowest BCUT2D eigenvalue weighted by atomic mass is 9.97. The molecule has 3 nitrogen and oxygen atoms in total. The van der Waals surface area contributed by atoms with Crippen LogP contribution in [0.2, 0.25) is 0 Å². The zero-order valence-corrected chi connectivity index (χ0v) is 10.1. The summed E-state index contributed by atoms with van der Waals surface area (Å²) in [6.07, 6.45) is 7.41. The molecular formula is C12H24N2O. The number of nitrogens with two attached hydrogens (primary N) is 1. The van der Waals surface area contributed by atoms with E-state index in [0.29, 0.717) is 0 Å². The molecular weight excluding hydrogens is 188 g/mol. The Bertz CT molecular complexity index is 210. The van der Waals surface area contributed by atoms with E-state index in [0.717, 1.165) is 38.6 Å². The topological polar surface area (TPSA) is 46.3 Å². The Morgan fingerprint density at radius 2 is 1.93 bits per heavy atom. The highest BCUT2D eigenvalue weighted by Gasteiger charge is 2.38. The fourth-order valence-electron chi connectivity index (χ4n) is 2.30. The molecule has 0 heterocycles. The molecule has 88 valence electrons. The Morgan fingerprint density at radius 3 is 2.47 bits per heavy atom. The first kappa shape index (κ1) is 12.5. The number of carbonyl (C=O) groups excluding carboxylic acids is 1. The average Bonchev–Trinajstić information content (AvgIpc) is 2.65. The van der Waals surface area contributed by atoms with E-state index in [1.54, 1.807) is 0 Å². The van der Waals surface area contributed by atoms with Crippen LogP contribution in [0.25, 0.3) is 0 Å². The van der Waals surface area contributed by atoms with Gasteiger partial charge in [0.25, 0.3) is 0 Å². The molecule has 0 aromatic carbocycles. The van der Waals surface area contributed by atoms with Crippen LogP contribution in [0.4, 0.5) is 0 Å². The van der Waals surface area contributed by atoms with E-state index in [-0.39, 0.29) is 5.91 Å². The van der Waals surface area contributed by atoms with E-state index in [9.17, 15) is 4.79 Å². The summed E-state index contributed by atoms with van der Waals surface area (Å²) in [6, 6.07) is 0. The fraction of sp³-hybridized carbons (Fsp3) is 0.917. The first-order chi connectivity index (χ1) is 7.10. The third kappa shape index (κ3) is 3.20. The predicted octanol–water partition coefficient (Wildman–Crippen LogP) is 1.91. The second-order valence-electron chi connectivity index (χ2n) is 4.80. The summed E-state index contributed by atoms with van der Waals surface area (Å²) < 4.78 is 0. The van der Waals surface area contributed by atoms with Gasteiger partial charge in [-0.05, 0) is 19.3 Å². The molecule has 0 aromatic heterocycles. The molecule has 2 N–H and O–H groups in total. The SMILES string of the molecule is CCCCCN(C)C(=O)C1(N)CCCC1. The molecule has 0 aliphatic heterocycles. The molecule has 1 saturated carbocycles. The fourth-order valence-corrected chi connectivity index (χ4v) is 2.30. The smallest absolute Gasteiger partial charge is 0.242 e. The third-order valence-electron chi connectivity index (χ3n) is 3.37. The molecule has 0 spiro atoms. The molecule has 1 rings (SSSR count). The van der Waals surface area contributed by atoms with Crippen LogP contribution in [0.1, 0.15) is 51.9 Å². The van der Waals surface area contributed by atoms with Crippen LogP contribution >= 0.6 is 0 Å². The van der Waals surface area contributed by atoms with E-state index >= 15 is 0 Å². The third-order valence-corrected chi connectivity index (χ3v) is 3.37. The Hall–Kier alpha value is -0.570. The highest BCUT2D eigenvalue weighted by molar-refractivity contribution is 5.86. The molecule has 1 fully saturated rings. The largest absolute Gasteiger partial charge is 0.344 e. The van der Waals surface area contributed by atoms with Gasteiger partial charge in [-0.1, -0.05) is 32.6 Å². The quantitative estimate of drug-likeness (QED) is 0.708. The van der Waals surface area contributed by atoms with Gasteiger partial charge in [-0.15, -0.1) is 0 Å². The first-order valence-corrected chi connectivity index (χ1v) is 6.14. The van der Waals surface area contributed by atoms with Gasteiger partial charge in [0, 0.05) is 13.6 Å². The molecule has 3 heteroatoms. The van der Waals surface area contributed by atoms with Gasteiger partial charge in [0.1, 0.15) is 0 Å². The number of rotatable bonds is 5. The summed E-state index contributed by atoms with van der Waals surface area (Å²) in [5, 5.41) is 0. The van der Waals surface area contributed by atoms with E-state index in [1.807, 2.05) is 11.9 Å². The van der Waals surface area contributed by atoms with Crippen molar-refractivity contribution >= 4 is 5.91 Å². The van der Waals surface area contributed by atoms with Crippen LogP contribution in [-0.4, -0.2) is 29.9 Å². The Morgan fingerprint density at radius 1 is 1.33 bits per heavy atom. The van der Waals surface area contributed by atoms with Crippen molar-refractivity contribution in [3.8, 4) is 0 Å².